The molecule has 1 aliphatic carbocycles. The lowest BCUT2D eigenvalue weighted by Gasteiger charge is -2.35. The maximum absolute atomic E-state index is 5.63. The third-order valence-electron chi connectivity index (χ3n) is 6.78. The molecule has 2 aromatic rings. The minimum absolute atomic E-state index is 0.671. The van der Waals surface area contributed by atoms with Crippen LogP contribution in [0.25, 0.3) is 11.3 Å². The second-order valence-electron chi connectivity index (χ2n) is 8.56. The van der Waals surface area contributed by atoms with Crippen LogP contribution >= 0.6 is 11.3 Å². The molecule has 0 aromatic carbocycles. The van der Waals surface area contributed by atoms with E-state index in [0.717, 1.165) is 44.6 Å². The first kappa shape index (κ1) is 18.6. The van der Waals surface area contributed by atoms with Crippen molar-refractivity contribution in [2.75, 3.05) is 44.3 Å². The van der Waals surface area contributed by atoms with Crippen molar-refractivity contribution < 1.29 is 4.74 Å². The molecular weight excluding hydrogens is 368 g/mol. The molecule has 1 saturated carbocycles. The summed E-state index contributed by atoms with van der Waals surface area (Å²) in [5.74, 6) is 0.671. The van der Waals surface area contributed by atoms with E-state index in [1.807, 2.05) is 0 Å². The Labute approximate surface area is 172 Å². The van der Waals surface area contributed by atoms with Gasteiger partial charge in [-0.25, -0.2) is 4.98 Å². The van der Waals surface area contributed by atoms with E-state index >= 15 is 0 Å². The van der Waals surface area contributed by atoms with Crippen molar-refractivity contribution in [1.82, 2.24) is 14.9 Å². The second-order valence-corrected chi connectivity index (χ2v) is 9.40. The lowest BCUT2D eigenvalue weighted by molar-refractivity contribution is 0.118. The lowest BCUT2D eigenvalue weighted by atomic mass is 9.83. The third-order valence-corrected chi connectivity index (χ3v) is 7.68. The number of H-pyrrole nitrogens is 1. The molecule has 152 valence electrons. The Balaban J connectivity index is 1.20. The van der Waals surface area contributed by atoms with Gasteiger partial charge in [-0.15, -0.1) is 11.3 Å². The van der Waals surface area contributed by atoms with Gasteiger partial charge in [-0.2, -0.15) is 0 Å². The van der Waals surface area contributed by atoms with Crippen molar-refractivity contribution in [1.29, 1.82) is 0 Å². The molecule has 4 heterocycles. The minimum Gasteiger partial charge on any atom is -0.380 e. The Morgan fingerprint density at radius 2 is 1.86 bits per heavy atom. The molecule has 0 spiro atoms. The fourth-order valence-electron chi connectivity index (χ4n) is 5.13. The topological polar surface area (TPSA) is 44.4 Å². The van der Waals surface area contributed by atoms with E-state index in [9.17, 15) is 0 Å². The van der Waals surface area contributed by atoms with E-state index in [4.69, 9.17) is 9.72 Å². The molecule has 2 saturated heterocycles. The molecule has 1 N–H and O–H groups in total. The number of ether oxygens (including phenoxy) is 1. The summed E-state index contributed by atoms with van der Waals surface area (Å²) in [4.78, 5) is 13.6. The Kier molecular flexibility index (Phi) is 5.70. The first-order valence-corrected chi connectivity index (χ1v) is 12.0. The van der Waals surface area contributed by atoms with Crippen LogP contribution in [0.2, 0.25) is 0 Å². The van der Waals surface area contributed by atoms with Gasteiger partial charge >= 0.3 is 0 Å². The van der Waals surface area contributed by atoms with Crippen LogP contribution in [0.5, 0.6) is 0 Å². The molecule has 0 unspecified atom stereocenters. The van der Waals surface area contributed by atoms with Gasteiger partial charge in [-0.3, -0.25) is 4.90 Å². The summed E-state index contributed by atoms with van der Waals surface area (Å²) >= 11 is 1.79. The van der Waals surface area contributed by atoms with Crippen LogP contribution in [-0.4, -0.2) is 60.3 Å². The highest BCUT2D eigenvalue weighted by Gasteiger charge is 2.28. The van der Waals surface area contributed by atoms with E-state index in [1.54, 1.807) is 11.3 Å². The van der Waals surface area contributed by atoms with Gasteiger partial charge < -0.3 is 14.6 Å². The Morgan fingerprint density at radius 3 is 2.71 bits per heavy atom. The summed E-state index contributed by atoms with van der Waals surface area (Å²) in [6, 6.07) is 3.11. The zero-order valence-corrected chi connectivity index (χ0v) is 17.6. The predicted octanol–water partition coefficient (Wildman–Crippen LogP) is 4.49. The van der Waals surface area contributed by atoms with Gasteiger partial charge in [0.25, 0.3) is 0 Å². The normalized spacial score (nSPS) is 27.2. The fourth-order valence-corrected chi connectivity index (χ4v) is 6.02. The van der Waals surface area contributed by atoms with E-state index < -0.39 is 0 Å². The van der Waals surface area contributed by atoms with Crippen LogP contribution in [0.3, 0.4) is 0 Å². The first-order valence-electron chi connectivity index (χ1n) is 11.1. The highest BCUT2D eigenvalue weighted by molar-refractivity contribution is 7.14. The van der Waals surface area contributed by atoms with Gasteiger partial charge in [0.2, 0.25) is 0 Å². The lowest BCUT2D eigenvalue weighted by Crippen LogP contribution is -2.39. The summed E-state index contributed by atoms with van der Waals surface area (Å²) in [6.45, 7) is 6.51. The van der Waals surface area contributed by atoms with E-state index in [-0.39, 0.29) is 0 Å². The van der Waals surface area contributed by atoms with Crippen LogP contribution in [0.15, 0.2) is 17.6 Å². The zero-order valence-electron chi connectivity index (χ0n) is 16.7. The number of thiazole rings is 1. The first-order chi connectivity index (χ1) is 13.9. The van der Waals surface area contributed by atoms with Gasteiger partial charge in [0, 0.05) is 61.7 Å². The van der Waals surface area contributed by atoms with Crippen LogP contribution in [0, 0.1) is 0 Å². The van der Waals surface area contributed by atoms with Crippen molar-refractivity contribution in [2.45, 2.75) is 56.9 Å². The van der Waals surface area contributed by atoms with Gasteiger partial charge in [0.05, 0.1) is 12.3 Å². The number of aromatic amines is 1. The van der Waals surface area contributed by atoms with E-state index in [2.05, 4.69) is 32.4 Å². The van der Waals surface area contributed by atoms with E-state index in [0.29, 0.717) is 5.92 Å². The number of rotatable bonds is 4. The molecule has 3 aliphatic rings. The van der Waals surface area contributed by atoms with Crippen molar-refractivity contribution in [2.24, 2.45) is 0 Å². The molecular formula is C22H32N4OS. The molecule has 0 amide bonds. The van der Waals surface area contributed by atoms with Gasteiger partial charge in [0.15, 0.2) is 5.13 Å². The standard InChI is InChI=1S/C22H32N4OS/c1-2-9-26(8-1)22-24-21(16-28-22)18-14-20(23-15-18)17-4-6-19(7-5-17)25-10-3-12-27-13-11-25/h14-17,19,23H,1-13H2/t17-,19-. The molecule has 0 bridgehead atoms. The molecule has 28 heavy (non-hydrogen) atoms. The highest BCUT2D eigenvalue weighted by atomic mass is 32.1. The zero-order chi connectivity index (χ0) is 18.8. The second kappa shape index (κ2) is 8.56. The van der Waals surface area contributed by atoms with Crippen molar-refractivity contribution in [3.8, 4) is 11.3 Å². The summed E-state index contributed by atoms with van der Waals surface area (Å²) in [7, 11) is 0. The quantitative estimate of drug-likeness (QED) is 0.821. The number of nitrogens with one attached hydrogen (secondary N) is 1. The summed E-state index contributed by atoms with van der Waals surface area (Å²) in [5.41, 5.74) is 3.79. The SMILES string of the molecule is c1[nH]c([C@H]2CC[C@H](N3CCCOCC3)CC2)cc1-c1csc(N2CCCC2)n1. The number of anilines is 1. The Hall–Kier alpha value is -1.37. The molecule has 6 heteroatoms. The van der Waals surface area contributed by atoms with Crippen molar-refractivity contribution in [3.05, 3.63) is 23.3 Å². The number of hydrogen-bond acceptors (Lipinski definition) is 5. The molecule has 5 rings (SSSR count). The molecule has 2 aliphatic heterocycles. The molecule has 5 nitrogen and oxygen atoms in total. The molecule has 2 aromatic heterocycles. The van der Waals surface area contributed by atoms with E-state index in [1.165, 1.54) is 67.9 Å². The number of hydrogen-bond donors (Lipinski definition) is 1. The summed E-state index contributed by atoms with van der Waals surface area (Å²) in [5, 5.41) is 3.41. The Morgan fingerprint density at radius 1 is 1.00 bits per heavy atom. The largest absolute Gasteiger partial charge is 0.380 e. The molecule has 0 atom stereocenters. The van der Waals surface area contributed by atoms with Crippen LogP contribution < -0.4 is 4.90 Å². The summed E-state index contributed by atoms with van der Waals surface area (Å²) in [6.07, 6.45) is 11.2. The van der Waals surface area contributed by atoms with Crippen LogP contribution in [-0.2, 0) is 4.74 Å². The smallest absolute Gasteiger partial charge is 0.185 e. The maximum Gasteiger partial charge on any atom is 0.185 e. The van der Waals surface area contributed by atoms with Gasteiger partial charge in [0.1, 0.15) is 0 Å². The molecule has 3 fully saturated rings. The fraction of sp³-hybridized carbons (Fsp3) is 0.682. The summed E-state index contributed by atoms with van der Waals surface area (Å²) < 4.78 is 5.63. The van der Waals surface area contributed by atoms with Crippen LogP contribution in [0.4, 0.5) is 5.13 Å². The highest BCUT2D eigenvalue weighted by Crippen LogP contribution is 2.37. The maximum atomic E-state index is 5.63. The average molecular weight is 401 g/mol. The molecule has 0 radical (unpaired) electrons. The number of nitrogens with zero attached hydrogens (tertiary/aromatic N) is 3. The van der Waals surface area contributed by atoms with Crippen LogP contribution in [0.1, 0.15) is 56.6 Å². The average Bonchev–Trinajstić information content (AvgIpc) is 3.46. The number of aromatic nitrogens is 2. The minimum atomic E-state index is 0.671. The Bertz CT molecular complexity index is 750. The van der Waals surface area contributed by atoms with Gasteiger partial charge in [-0.05, 0) is 56.9 Å². The third kappa shape index (κ3) is 4.00. The van der Waals surface area contributed by atoms with Crippen molar-refractivity contribution >= 4 is 16.5 Å². The monoisotopic (exact) mass is 400 g/mol. The van der Waals surface area contributed by atoms with Gasteiger partial charge in [-0.1, -0.05) is 0 Å². The van der Waals surface area contributed by atoms with Crippen molar-refractivity contribution in [3.63, 3.8) is 0 Å². The predicted molar refractivity (Wildman–Crippen MR) is 115 cm³/mol.